The molecule has 0 heterocycles. The second-order valence-electron chi connectivity index (χ2n) is 6.89. The molecule has 0 aliphatic rings. The minimum atomic E-state index is -1.83. The Morgan fingerprint density at radius 1 is 1.24 bits per heavy atom. The molecule has 1 nitrogen and oxygen atoms in total. The molecule has 0 aliphatic carbocycles. The van der Waals surface area contributed by atoms with E-state index < -0.39 is 8.32 Å². The molecule has 2 heteroatoms. The van der Waals surface area contributed by atoms with Crippen LogP contribution < -0.4 is 0 Å². The van der Waals surface area contributed by atoms with Crippen molar-refractivity contribution < 1.29 is 4.43 Å². The monoisotopic (exact) mass is 300 g/mol. The molecule has 0 amide bonds. The third-order valence-corrected chi connectivity index (χ3v) is 8.43. The zero-order valence-corrected chi connectivity index (χ0v) is 15.1. The molecule has 0 saturated heterocycles. The van der Waals surface area contributed by atoms with E-state index in [2.05, 4.69) is 70.1 Å². The van der Waals surface area contributed by atoms with Crippen molar-refractivity contribution in [1.29, 1.82) is 0 Å². The van der Waals surface area contributed by atoms with Crippen molar-refractivity contribution in [3.63, 3.8) is 0 Å². The van der Waals surface area contributed by atoms with Crippen molar-refractivity contribution in [3.05, 3.63) is 42.0 Å². The van der Waals surface area contributed by atoms with E-state index in [1.165, 1.54) is 0 Å². The summed E-state index contributed by atoms with van der Waals surface area (Å²) < 4.78 is 6.52. The fraction of sp³-hybridized carbons (Fsp3) is 0.474. The van der Waals surface area contributed by atoms with Crippen LogP contribution in [0.2, 0.25) is 18.1 Å². The third-order valence-electron chi connectivity index (χ3n) is 4.08. The van der Waals surface area contributed by atoms with Gasteiger partial charge in [0.25, 0.3) is 0 Å². The van der Waals surface area contributed by atoms with Crippen molar-refractivity contribution in [2.24, 2.45) is 0 Å². The first-order valence-corrected chi connectivity index (χ1v) is 10.6. The predicted molar refractivity (Wildman–Crippen MR) is 95.4 cm³/mol. The van der Waals surface area contributed by atoms with Crippen LogP contribution in [0.4, 0.5) is 0 Å². The normalized spacial score (nSPS) is 12.9. The highest BCUT2D eigenvalue weighted by molar-refractivity contribution is 6.74. The van der Waals surface area contributed by atoms with Crippen molar-refractivity contribution in [2.75, 3.05) is 0 Å². The standard InChI is InChI=1S/C19H28OSi/c1-7-8-9-13-16-18(17-14-11-10-12-15-17)20-21(5,6)19(2,3)4/h1,10-12,14-16H,8-9,13H2,2-6H3/b18-16-. The van der Waals surface area contributed by atoms with E-state index in [-0.39, 0.29) is 5.04 Å². The summed E-state index contributed by atoms with van der Waals surface area (Å²) in [5.74, 6) is 3.71. The van der Waals surface area contributed by atoms with Gasteiger partial charge >= 0.3 is 0 Å². The van der Waals surface area contributed by atoms with Crippen LogP contribution in [0.25, 0.3) is 5.76 Å². The molecule has 1 aromatic rings. The summed E-state index contributed by atoms with van der Waals surface area (Å²) in [7, 11) is -1.83. The van der Waals surface area contributed by atoms with E-state index in [1.54, 1.807) is 0 Å². The second-order valence-corrected chi connectivity index (χ2v) is 11.6. The summed E-state index contributed by atoms with van der Waals surface area (Å²) in [6, 6.07) is 10.4. The quantitative estimate of drug-likeness (QED) is 0.277. The summed E-state index contributed by atoms with van der Waals surface area (Å²) in [6.07, 6.45) is 10.3. The highest BCUT2D eigenvalue weighted by Gasteiger charge is 2.39. The number of allylic oxidation sites excluding steroid dienone is 1. The van der Waals surface area contributed by atoms with Gasteiger partial charge in [0.1, 0.15) is 5.76 Å². The largest absolute Gasteiger partial charge is 0.543 e. The molecule has 0 N–H and O–H groups in total. The highest BCUT2D eigenvalue weighted by Crippen LogP contribution is 2.39. The maximum atomic E-state index is 6.52. The molecule has 0 radical (unpaired) electrons. The van der Waals surface area contributed by atoms with Gasteiger partial charge in [-0.25, -0.2) is 0 Å². The van der Waals surface area contributed by atoms with Gasteiger partial charge in [-0.15, -0.1) is 12.3 Å². The molecule has 0 saturated carbocycles. The van der Waals surface area contributed by atoms with Crippen LogP contribution in [0.15, 0.2) is 36.4 Å². The van der Waals surface area contributed by atoms with Gasteiger partial charge in [0.15, 0.2) is 0 Å². The lowest BCUT2D eigenvalue weighted by Crippen LogP contribution is -2.40. The molecule has 1 rings (SSSR count). The van der Waals surface area contributed by atoms with E-state index in [4.69, 9.17) is 10.8 Å². The average molecular weight is 301 g/mol. The Morgan fingerprint density at radius 3 is 2.38 bits per heavy atom. The molecular formula is C19H28OSi. The van der Waals surface area contributed by atoms with Crippen molar-refractivity contribution in [2.45, 2.75) is 58.2 Å². The van der Waals surface area contributed by atoms with Crippen LogP contribution in [0.3, 0.4) is 0 Å². The smallest absolute Gasteiger partial charge is 0.250 e. The predicted octanol–water partition coefficient (Wildman–Crippen LogP) is 5.85. The number of terminal acetylenes is 1. The third kappa shape index (κ3) is 5.44. The number of hydrogen-bond donors (Lipinski definition) is 0. The van der Waals surface area contributed by atoms with Crippen molar-refractivity contribution in [3.8, 4) is 12.3 Å². The average Bonchev–Trinajstić information content (AvgIpc) is 2.42. The maximum absolute atomic E-state index is 6.52. The zero-order chi connectivity index (χ0) is 15.9. The Hall–Kier alpha value is -1.46. The summed E-state index contributed by atoms with van der Waals surface area (Å²) in [5.41, 5.74) is 1.16. The number of hydrogen-bond acceptors (Lipinski definition) is 1. The van der Waals surface area contributed by atoms with Crippen LogP contribution >= 0.6 is 0 Å². The topological polar surface area (TPSA) is 9.23 Å². The van der Waals surface area contributed by atoms with E-state index in [1.807, 2.05) is 6.07 Å². The Morgan fingerprint density at radius 2 is 1.86 bits per heavy atom. The summed E-state index contributed by atoms with van der Waals surface area (Å²) in [6.45, 7) is 11.4. The fourth-order valence-corrected chi connectivity index (χ4v) is 2.74. The van der Waals surface area contributed by atoms with Gasteiger partial charge in [-0.3, -0.25) is 0 Å². The Labute approximate surface area is 131 Å². The van der Waals surface area contributed by atoms with Gasteiger partial charge in [-0.2, -0.15) is 0 Å². The molecule has 21 heavy (non-hydrogen) atoms. The Bertz CT molecular complexity index is 501. The highest BCUT2D eigenvalue weighted by atomic mass is 28.4. The molecule has 0 spiro atoms. The van der Waals surface area contributed by atoms with Crippen molar-refractivity contribution >= 4 is 14.1 Å². The first-order chi connectivity index (χ1) is 9.78. The number of benzene rings is 1. The van der Waals surface area contributed by atoms with Gasteiger partial charge in [0.05, 0.1) is 0 Å². The molecule has 0 aromatic heterocycles. The lowest BCUT2D eigenvalue weighted by molar-refractivity contribution is 0.456. The summed E-state index contributed by atoms with van der Waals surface area (Å²) in [5, 5.41) is 0.194. The molecule has 0 atom stereocenters. The molecule has 0 bridgehead atoms. The molecular weight excluding hydrogens is 272 g/mol. The van der Waals surface area contributed by atoms with Gasteiger partial charge in [0.2, 0.25) is 8.32 Å². The molecule has 1 aromatic carbocycles. The van der Waals surface area contributed by atoms with Gasteiger partial charge in [-0.1, -0.05) is 51.1 Å². The van der Waals surface area contributed by atoms with Crippen LogP contribution in [0.5, 0.6) is 0 Å². The van der Waals surface area contributed by atoms with Crippen LogP contribution in [0.1, 0.15) is 45.6 Å². The Balaban J connectivity index is 2.96. The molecule has 0 unspecified atom stereocenters. The first kappa shape index (κ1) is 17.6. The molecule has 0 aliphatic heterocycles. The fourth-order valence-electron chi connectivity index (χ4n) is 1.69. The van der Waals surface area contributed by atoms with E-state index in [0.717, 1.165) is 30.6 Å². The lowest BCUT2D eigenvalue weighted by Gasteiger charge is -2.37. The number of unbranched alkanes of at least 4 members (excludes halogenated alkanes) is 2. The number of rotatable bonds is 6. The SMILES string of the molecule is C#CCCC/C=C(\O[Si](C)(C)C(C)(C)C)c1ccccc1. The van der Waals surface area contributed by atoms with Crippen LogP contribution in [-0.4, -0.2) is 8.32 Å². The van der Waals surface area contributed by atoms with Crippen molar-refractivity contribution in [1.82, 2.24) is 0 Å². The molecule has 114 valence electrons. The van der Waals surface area contributed by atoms with E-state index in [0.29, 0.717) is 0 Å². The first-order valence-electron chi connectivity index (χ1n) is 7.66. The van der Waals surface area contributed by atoms with Gasteiger partial charge in [-0.05, 0) is 37.0 Å². The van der Waals surface area contributed by atoms with Crippen LogP contribution in [-0.2, 0) is 4.43 Å². The van der Waals surface area contributed by atoms with Gasteiger partial charge in [0, 0.05) is 12.0 Å². The van der Waals surface area contributed by atoms with E-state index in [9.17, 15) is 0 Å². The summed E-state index contributed by atoms with van der Waals surface area (Å²) in [4.78, 5) is 0. The minimum absolute atomic E-state index is 0.194. The second kappa shape index (κ2) is 7.52. The lowest BCUT2D eigenvalue weighted by atomic mass is 10.1. The van der Waals surface area contributed by atoms with Crippen LogP contribution in [0, 0.1) is 12.3 Å². The maximum Gasteiger partial charge on any atom is 0.250 e. The van der Waals surface area contributed by atoms with E-state index >= 15 is 0 Å². The summed E-state index contributed by atoms with van der Waals surface area (Å²) >= 11 is 0. The zero-order valence-electron chi connectivity index (χ0n) is 14.1. The van der Waals surface area contributed by atoms with Gasteiger partial charge < -0.3 is 4.43 Å². The Kier molecular flexibility index (Phi) is 6.30. The molecule has 0 fully saturated rings. The minimum Gasteiger partial charge on any atom is -0.543 e.